The molecule has 3 aromatic rings. The third-order valence-corrected chi connectivity index (χ3v) is 4.32. The predicted molar refractivity (Wildman–Crippen MR) is 88.4 cm³/mol. The minimum absolute atomic E-state index is 0.509. The van der Waals surface area contributed by atoms with Crippen molar-refractivity contribution in [3.63, 3.8) is 0 Å². The molecule has 2 aromatic heterocycles. The van der Waals surface area contributed by atoms with Crippen molar-refractivity contribution in [2.75, 3.05) is 0 Å². The third kappa shape index (κ3) is 2.95. The highest BCUT2D eigenvalue weighted by Gasteiger charge is 2.16. The summed E-state index contributed by atoms with van der Waals surface area (Å²) in [5.41, 5.74) is 3.36. The van der Waals surface area contributed by atoms with E-state index in [1.807, 2.05) is 33.8 Å². The van der Waals surface area contributed by atoms with E-state index < -0.39 is 0 Å². The standard InChI is InChI=1S/C18H19N5/c1-2-7-15(8-3-1)17-14-22(21-20-17)13-16-9-4-5-10-18(16)23-12-6-11-19-23/h1-2,4-6,9-12,14-15H,3,7-8,13H2. The van der Waals surface area contributed by atoms with Crippen molar-refractivity contribution >= 4 is 0 Å². The minimum atomic E-state index is 0.509. The predicted octanol–water partition coefficient (Wildman–Crippen LogP) is 3.34. The van der Waals surface area contributed by atoms with Gasteiger partial charge in [0.05, 0.1) is 17.9 Å². The zero-order chi connectivity index (χ0) is 15.5. The number of hydrogen-bond acceptors (Lipinski definition) is 3. The van der Waals surface area contributed by atoms with Gasteiger partial charge in [0.15, 0.2) is 0 Å². The van der Waals surface area contributed by atoms with Gasteiger partial charge in [-0.05, 0) is 37.0 Å². The first kappa shape index (κ1) is 13.9. The molecule has 0 fully saturated rings. The quantitative estimate of drug-likeness (QED) is 0.695. The van der Waals surface area contributed by atoms with E-state index in [0.29, 0.717) is 12.5 Å². The molecular weight excluding hydrogens is 286 g/mol. The first-order chi connectivity index (χ1) is 11.4. The van der Waals surface area contributed by atoms with E-state index in [9.17, 15) is 0 Å². The first-order valence-electron chi connectivity index (χ1n) is 8.03. The van der Waals surface area contributed by atoms with E-state index in [4.69, 9.17) is 0 Å². The van der Waals surface area contributed by atoms with Crippen molar-refractivity contribution in [2.24, 2.45) is 0 Å². The Balaban J connectivity index is 1.57. The van der Waals surface area contributed by atoms with E-state index in [1.165, 1.54) is 12.0 Å². The lowest BCUT2D eigenvalue weighted by Gasteiger charge is -2.14. The molecule has 1 aromatic carbocycles. The number of hydrogen-bond donors (Lipinski definition) is 0. The lowest BCUT2D eigenvalue weighted by atomic mass is 9.92. The van der Waals surface area contributed by atoms with Crippen LogP contribution in [-0.4, -0.2) is 24.8 Å². The van der Waals surface area contributed by atoms with Gasteiger partial charge < -0.3 is 0 Å². The van der Waals surface area contributed by atoms with Crippen molar-refractivity contribution in [1.82, 2.24) is 24.8 Å². The molecule has 0 N–H and O–H groups in total. The van der Waals surface area contributed by atoms with Crippen LogP contribution in [0, 0.1) is 0 Å². The summed E-state index contributed by atoms with van der Waals surface area (Å²) in [6.45, 7) is 0.700. The molecule has 0 amide bonds. The van der Waals surface area contributed by atoms with Gasteiger partial charge in [-0.3, -0.25) is 0 Å². The van der Waals surface area contributed by atoms with Crippen molar-refractivity contribution in [2.45, 2.75) is 31.7 Å². The second-order valence-corrected chi connectivity index (χ2v) is 5.90. The Kier molecular flexibility index (Phi) is 3.76. The molecular formula is C18H19N5. The van der Waals surface area contributed by atoms with E-state index in [2.05, 4.69) is 45.9 Å². The van der Waals surface area contributed by atoms with Crippen molar-refractivity contribution in [1.29, 1.82) is 0 Å². The van der Waals surface area contributed by atoms with Gasteiger partial charge in [-0.1, -0.05) is 35.6 Å². The van der Waals surface area contributed by atoms with Gasteiger partial charge in [-0.15, -0.1) is 5.10 Å². The van der Waals surface area contributed by atoms with Crippen molar-refractivity contribution in [3.8, 4) is 5.69 Å². The molecule has 0 saturated heterocycles. The molecule has 4 rings (SSSR count). The summed E-state index contributed by atoms with van der Waals surface area (Å²) in [7, 11) is 0. The van der Waals surface area contributed by atoms with E-state index in [0.717, 1.165) is 24.2 Å². The monoisotopic (exact) mass is 305 g/mol. The van der Waals surface area contributed by atoms with Gasteiger partial charge in [0.1, 0.15) is 0 Å². The summed E-state index contributed by atoms with van der Waals surface area (Å²) in [4.78, 5) is 0. The SMILES string of the molecule is C1=CCC(c2cn(Cc3ccccc3-n3cccn3)nn2)CC1. The highest BCUT2D eigenvalue weighted by Crippen LogP contribution is 2.27. The Morgan fingerprint density at radius 1 is 1.13 bits per heavy atom. The normalized spacial score (nSPS) is 17.5. The van der Waals surface area contributed by atoms with E-state index in [1.54, 1.807) is 6.20 Å². The fraction of sp³-hybridized carbons (Fsp3) is 0.278. The second kappa shape index (κ2) is 6.20. The molecule has 0 bridgehead atoms. The zero-order valence-corrected chi connectivity index (χ0v) is 12.9. The van der Waals surface area contributed by atoms with Crippen LogP contribution in [0.5, 0.6) is 0 Å². The molecule has 0 saturated carbocycles. The number of aromatic nitrogens is 5. The molecule has 23 heavy (non-hydrogen) atoms. The minimum Gasteiger partial charge on any atom is -0.248 e. The van der Waals surface area contributed by atoms with Crippen LogP contribution in [0.25, 0.3) is 5.69 Å². The zero-order valence-electron chi connectivity index (χ0n) is 12.9. The molecule has 0 spiro atoms. The van der Waals surface area contributed by atoms with Crippen LogP contribution in [0.3, 0.4) is 0 Å². The maximum Gasteiger partial charge on any atom is 0.0861 e. The highest BCUT2D eigenvalue weighted by atomic mass is 15.4. The molecule has 1 aliphatic rings. The van der Waals surface area contributed by atoms with Gasteiger partial charge in [0.2, 0.25) is 0 Å². The average molecular weight is 305 g/mol. The van der Waals surface area contributed by atoms with E-state index >= 15 is 0 Å². The molecule has 1 atom stereocenters. The summed E-state index contributed by atoms with van der Waals surface area (Å²) in [6, 6.07) is 10.2. The highest BCUT2D eigenvalue weighted by molar-refractivity contribution is 5.40. The van der Waals surface area contributed by atoms with Gasteiger partial charge >= 0.3 is 0 Å². The number of rotatable bonds is 4. The maximum atomic E-state index is 4.39. The Morgan fingerprint density at radius 3 is 2.91 bits per heavy atom. The van der Waals surface area contributed by atoms with E-state index in [-0.39, 0.29) is 0 Å². The molecule has 5 nitrogen and oxygen atoms in total. The fourth-order valence-corrected chi connectivity index (χ4v) is 3.09. The van der Waals surface area contributed by atoms with Gasteiger partial charge in [-0.25, -0.2) is 9.36 Å². The fourth-order valence-electron chi connectivity index (χ4n) is 3.09. The van der Waals surface area contributed by atoms with Crippen LogP contribution >= 0.6 is 0 Å². The summed E-state index contributed by atoms with van der Waals surface area (Å²) in [5, 5.41) is 13.0. The first-order valence-corrected chi connectivity index (χ1v) is 8.03. The molecule has 116 valence electrons. The number of nitrogens with zero attached hydrogens (tertiary/aromatic N) is 5. The smallest absolute Gasteiger partial charge is 0.0861 e. The molecule has 1 unspecified atom stereocenters. The number of allylic oxidation sites excluding steroid dienone is 2. The number of benzene rings is 1. The van der Waals surface area contributed by atoms with Crippen LogP contribution in [-0.2, 0) is 6.54 Å². The van der Waals surface area contributed by atoms with Crippen molar-refractivity contribution < 1.29 is 0 Å². The Hall–Kier alpha value is -2.69. The lowest BCUT2D eigenvalue weighted by molar-refractivity contribution is 0.598. The Labute approximate surface area is 135 Å². The summed E-state index contributed by atoms with van der Waals surface area (Å²) < 4.78 is 3.81. The second-order valence-electron chi connectivity index (χ2n) is 5.90. The summed E-state index contributed by atoms with van der Waals surface area (Å²) in [6.07, 6.45) is 13.7. The van der Waals surface area contributed by atoms with Crippen LogP contribution < -0.4 is 0 Å². The van der Waals surface area contributed by atoms with Crippen LogP contribution in [0.1, 0.15) is 36.4 Å². The summed E-state index contributed by atoms with van der Waals surface area (Å²) >= 11 is 0. The van der Waals surface area contributed by atoms with Crippen LogP contribution in [0.2, 0.25) is 0 Å². The molecule has 5 heteroatoms. The molecule has 0 radical (unpaired) electrons. The Morgan fingerprint density at radius 2 is 2.09 bits per heavy atom. The van der Waals surface area contributed by atoms with Crippen molar-refractivity contribution in [3.05, 3.63) is 72.3 Å². The largest absolute Gasteiger partial charge is 0.248 e. The van der Waals surface area contributed by atoms with Gasteiger partial charge in [-0.2, -0.15) is 5.10 Å². The lowest BCUT2D eigenvalue weighted by Crippen LogP contribution is -2.06. The van der Waals surface area contributed by atoms with Crippen LogP contribution in [0.15, 0.2) is 61.1 Å². The topological polar surface area (TPSA) is 48.5 Å². The molecule has 1 aliphatic carbocycles. The Bertz CT molecular complexity index is 800. The van der Waals surface area contributed by atoms with Gasteiger partial charge in [0, 0.05) is 24.5 Å². The van der Waals surface area contributed by atoms with Crippen LogP contribution in [0.4, 0.5) is 0 Å². The summed E-state index contributed by atoms with van der Waals surface area (Å²) in [5.74, 6) is 0.509. The molecule has 2 heterocycles. The number of para-hydroxylation sites is 1. The molecule has 0 aliphatic heterocycles. The van der Waals surface area contributed by atoms with Gasteiger partial charge in [0.25, 0.3) is 0 Å². The average Bonchev–Trinajstić information content (AvgIpc) is 3.28. The third-order valence-electron chi connectivity index (χ3n) is 4.32. The maximum absolute atomic E-state index is 4.39.